The lowest BCUT2D eigenvalue weighted by molar-refractivity contribution is -0.116. The smallest absolute Gasteiger partial charge is 0.251 e. The summed E-state index contributed by atoms with van der Waals surface area (Å²) in [5, 5.41) is 2.48. The van der Waals surface area contributed by atoms with E-state index in [-0.39, 0.29) is 18.2 Å². The van der Waals surface area contributed by atoms with Gasteiger partial charge in [0, 0.05) is 26.5 Å². The summed E-state index contributed by atoms with van der Waals surface area (Å²) in [6.45, 7) is 6.94. The van der Waals surface area contributed by atoms with Gasteiger partial charge < -0.3 is 14.8 Å². The molecule has 0 aromatic rings. The van der Waals surface area contributed by atoms with Crippen LogP contribution in [0.4, 0.5) is 0 Å². The molecule has 1 unspecified atom stereocenters. The third-order valence-electron chi connectivity index (χ3n) is 2.52. The Morgan fingerprint density at radius 1 is 1.59 bits per heavy atom. The minimum Gasteiger partial charge on any atom is -0.381 e. The first-order chi connectivity index (χ1) is 8.13. The maximum absolute atomic E-state index is 11.2. The zero-order valence-electron chi connectivity index (χ0n) is 10.4. The van der Waals surface area contributed by atoms with E-state index in [1.54, 1.807) is 7.05 Å². The Labute approximate surface area is 102 Å². The van der Waals surface area contributed by atoms with E-state index in [0.29, 0.717) is 5.57 Å². The van der Waals surface area contributed by atoms with Gasteiger partial charge in [0.2, 0.25) is 0 Å². The molecule has 0 radical (unpaired) electrons. The molecule has 1 fully saturated rings. The molecule has 0 spiro atoms. The fourth-order valence-corrected chi connectivity index (χ4v) is 1.54. The number of aliphatic imine (C=N–C) groups is 1. The second-order valence-electron chi connectivity index (χ2n) is 3.93. The highest BCUT2D eigenvalue weighted by Crippen LogP contribution is 2.13. The Morgan fingerprint density at radius 3 is 2.82 bits per heavy atom. The maximum atomic E-state index is 11.2. The Balaban J connectivity index is 2.32. The second-order valence-corrected chi connectivity index (χ2v) is 3.93. The van der Waals surface area contributed by atoms with E-state index in [1.165, 1.54) is 6.21 Å². The molecular weight excluding hydrogens is 220 g/mol. The minimum absolute atomic E-state index is 0.198. The lowest BCUT2D eigenvalue weighted by atomic mass is 10.1. The van der Waals surface area contributed by atoms with Gasteiger partial charge in [0.05, 0.1) is 11.7 Å². The van der Waals surface area contributed by atoms with Gasteiger partial charge in [-0.15, -0.1) is 0 Å². The number of rotatable bonds is 5. The number of hydrogen-bond acceptors (Lipinski definition) is 4. The average Bonchev–Trinajstić information content (AvgIpc) is 2.36. The molecule has 0 aromatic heterocycles. The fraction of sp³-hybridized carbons (Fsp3) is 0.667. The van der Waals surface area contributed by atoms with E-state index in [9.17, 15) is 4.79 Å². The Kier molecular flexibility index (Phi) is 5.86. The summed E-state index contributed by atoms with van der Waals surface area (Å²) in [6.07, 6.45) is 3.18. The molecule has 1 heterocycles. The van der Waals surface area contributed by atoms with Crippen LogP contribution in [-0.4, -0.2) is 44.7 Å². The van der Waals surface area contributed by atoms with Gasteiger partial charge in [-0.3, -0.25) is 9.79 Å². The van der Waals surface area contributed by atoms with Crippen LogP contribution in [0.2, 0.25) is 0 Å². The molecule has 0 aliphatic carbocycles. The number of amides is 1. The van der Waals surface area contributed by atoms with Gasteiger partial charge in [0.25, 0.3) is 5.91 Å². The molecule has 0 bridgehead atoms. The number of nitrogens with zero attached hydrogens (tertiary/aromatic N) is 1. The summed E-state index contributed by atoms with van der Waals surface area (Å²) in [4.78, 5) is 15.3. The summed E-state index contributed by atoms with van der Waals surface area (Å²) < 4.78 is 10.9. The summed E-state index contributed by atoms with van der Waals surface area (Å²) in [5.41, 5.74) is 0.329. The van der Waals surface area contributed by atoms with Gasteiger partial charge in [0.15, 0.2) is 0 Å². The van der Waals surface area contributed by atoms with E-state index < -0.39 is 0 Å². The Hall–Kier alpha value is -1.20. The molecule has 1 amide bonds. The van der Waals surface area contributed by atoms with Crippen LogP contribution in [0.5, 0.6) is 0 Å². The molecule has 96 valence electrons. The predicted molar refractivity (Wildman–Crippen MR) is 66.1 cm³/mol. The van der Waals surface area contributed by atoms with Crippen molar-refractivity contribution in [2.24, 2.45) is 4.99 Å². The van der Waals surface area contributed by atoms with Crippen molar-refractivity contribution >= 4 is 12.1 Å². The first-order valence-corrected chi connectivity index (χ1v) is 5.81. The van der Waals surface area contributed by atoms with E-state index in [2.05, 4.69) is 16.9 Å². The molecule has 1 atom stereocenters. The van der Waals surface area contributed by atoms with Crippen LogP contribution in [0.15, 0.2) is 17.1 Å². The summed E-state index contributed by atoms with van der Waals surface area (Å²) >= 11 is 0. The van der Waals surface area contributed by atoms with Gasteiger partial charge in [-0.05, 0) is 19.8 Å². The van der Waals surface area contributed by atoms with Gasteiger partial charge in [-0.25, -0.2) is 0 Å². The van der Waals surface area contributed by atoms with Crippen LogP contribution in [0.25, 0.3) is 0 Å². The minimum atomic E-state index is -0.264. The predicted octanol–water partition coefficient (Wildman–Crippen LogP) is 0.901. The van der Waals surface area contributed by atoms with E-state index in [1.807, 2.05) is 6.92 Å². The van der Waals surface area contributed by atoms with Crippen molar-refractivity contribution in [2.75, 3.05) is 20.3 Å². The lowest BCUT2D eigenvalue weighted by Gasteiger charge is -2.24. The monoisotopic (exact) mass is 240 g/mol. The van der Waals surface area contributed by atoms with Gasteiger partial charge >= 0.3 is 0 Å². The normalized spacial score (nSPS) is 19.2. The highest BCUT2D eigenvalue weighted by atomic mass is 16.5. The highest BCUT2D eigenvalue weighted by molar-refractivity contribution is 6.11. The van der Waals surface area contributed by atoms with Crippen molar-refractivity contribution < 1.29 is 14.3 Å². The first-order valence-electron chi connectivity index (χ1n) is 5.81. The average molecular weight is 240 g/mol. The van der Waals surface area contributed by atoms with Crippen molar-refractivity contribution in [3.63, 3.8) is 0 Å². The van der Waals surface area contributed by atoms with Gasteiger partial charge in [0.1, 0.15) is 6.23 Å². The zero-order chi connectivity index (χ0) is 12.7. The van der Waals surface area contributed by atoms with Crippen LogP contribution in [-0.2, 0) is 14.3 Å². The van der Waals surface area contributed by atoms with Gasteiger partial charge in [-0.1, -0.05) is 6.58 Å². The van der Waals surface area contributed by atoms with Crippen LogP contribution in [0.1, 0.15) is 19.8 Å². The number of carbonyl (C=O) groups is 1. The molecule has 0 saturated carbocycles. The molecule has 5 nitrogen and oxygen atoms in total. The molecule has 1 aliphatic rings. The van der Waals surface area contributed by atoms with E-state index >= 15 is 0 Å². The van der Waals surface area contributed by atoms with Crippen molar-refractivity contribution in [2.45, 2.75) is 32.1 Å². The lowest BCUT2D eigenvalue weighted by Crippen LogP contribution is -2.26. The largest absolute Gasteiger partial charge is 0.381 e. The topological polar surface area (TPSA) is 59.9 Å². The highest BCUT2D eigenvalue weighted by Gasteiger charge is 2.16. The number of likely N-dealkylation sites (N-methyl/N-ethyl adjacent to an activating group) is 1. The molecule has 1 N–H and O–H groups in total. The third-order valence-corrected chi connectivity index (χ3v) is 2.52. The number of ether oxygens (including phenoxy) is 2. The summed E-state index contributed by atoms with van der Waals surface area (Å²) in [6, 6.07) is 0. The third kappa shape index (κ3) is 5.10. The first kappa shape index (κ1) is 13.9. The molecular formula is C12H20N2O3. The zero-order valence-corrected chi connectivity index (χ0v) is 10.4. The number of hydrogen-bond donors (Lipinski definition) is 1. The van der Waals surface area contributed by atoms with Crippen LogP contribution in [0.3, 0.4) is 0 Å². The standard InChI is InChI=1S/C12H20N2O3/c1-9(12(15)13-3)8-14-10(2)17-11-4-6-16-7-5-11/h8,10-11H,1,4-7H2,2-3H3,(H,13,15). The van der Waals surface area contributed by atoms with Gasteiger partial charge in [-0.2, -0.15) is 0 Å². The van der Waals surface area contributed by atoms with Crippen LogP contribution < -0.4 is 5.32 Å². The number of carbonyl (C=O) groups excluding carboxylic acids is 1. The van der Waals surface area contributed by atoms with Crippen molar-refractivity contribution in [3.05, 3.63) is 12.2 Å². The SMILES string of the molecule is C=C(C=NC(C)OC1CCOCC1)C(=O)NC. The van der Waals surface area contributed by atoms with Crippen LogP contribution in [0, 0.1) is 0 Å². The quantitative estimate of drug-likeness (QED) is 0.574. The Bertz CT molecular complexity index is 296. The fourth-order valence-electron chi connectivity index (χ4n) is 1.54. The van der Waals surface area contributed by atoms with Crippen molar-refractivity contribution in [3.8, 4) is 0 Å². The summed E-state index contributed by atoms with van der Waals surface area (Å²) in [7, 11) is 1.56. The van der Waals surface area contributed by atoms with E-state index in [4.69, 9.17) is 9.47 Å². The number of nitrogens with one attached hydrogen (secondary N) is 1. The van der Waals surface area contributed by atoms with Crippen molar-refractivity contribution in [1.82, 2.24) is 5.32 Å². The molecule has 17 heavy (non-hydrogen) atoms. The molecule has 1 rings (SSSR count). The van der Waals surface area contributed by atoms with E-state index in [0.717, 1.165) is 26.1 Å². The van der Waals surface area contributed by atoms with Crippen LogP contribution >= 0.6 is 0 Å². The maximum Gasteiger partial charge on any atom is 0.251 e. The second kappa shape index (κ2) is 7.19. The molecule has 0 aromatic carbocycles. The molecule has 5 heteroatoms. The molecule has 1 aliphatic heterocycles. The summed E-state index contributed by atoms with van der Waals surface area (Å²) in [5.74, 6) is -0.230. The Morgan fingerprint density at radius 2 is 2.24 bits per heavy atom. The molecule has 1 saturated heterocycles. The van der Waals surface area contributed by atoms with Crippen molar-refractivity contribution in [1.29, 1.82) is 0 Å².